The Labute approximate surface area is 162 Å². The maximum absolute atomic E-state index is 5.96. The van der Waals surface area contributed by atoms with Gasteiger partial charge in [0.25, 0.3) is 0 Å². The van der Waals surface area contributed by atoms with Gasteiger partial charge in [0.15, 0.2) is 5.96 Å². The average Bonchev–Trinajstić information content (AvgIpc) is 3.28. The highest BCUT2D eigenvalue weighted by molar-refractivity contribution is 14.0. The molecule has 0 radical (unpaired) electrons. The predicted molar refractivity (Wildman–Crippen MR) is 110 cm³/mol. The first kappa shape index (κ1) is 19.3. The fraction of sp³-hybridized carbons (Fsp3) is 0.611. The van der Waals surface area contributed by atoms with Gasteiger partial charge in [0.2, 0.25) is 0 Å². The molecule has 1 fully saturated rings. The molecule has 2 unspecified atom stereocenters. The molecule has 0 saturated heterocycles. The molecule has 3 rings (SSSR count). The van der Waals surface area contributed by atoms with E-state index >= 15 is 0 Å². The van der Waals surface area contributed by atoms with Gasteiger partial charge in [-0.15, -0.1) is 24.0 Å². The van der Waals surface area contributed by atoms with E-state index in [4.69, 9.17) is 4.74 Å². The molecule has 6 heteroatoms. The third kappa shape index (κ3) is 4.99. The number of rotatable bonds is 6. The molecule has 0 aromatic heterocycles. The van der Waals surface area contributed by atoms with Crippen molar-refractivity contribution in [2.45, 2.75) is 31.4 Å². The number of nitrogens with zero attached hydrogens (tertiary/aromatic N) is 2. The molecule has 1 heterocycles. The number of halogens is 1. The van der Waals surface area contributed by atoms with Crippen molar-refractivity contribution in [3.63, 3.8) is 0 Å². The molecule has 1 aliphatic heterocycles. The van der Waals surface area contributed by atoms with Gasteiger partial charge in [-0.3, -0.25) is 4.99 Å². The zero-order valence-electron chi connectivity index (χ0n) is 14.8. The number of hydrogen-bond donors (Lipinski definition) is 2. The van der Waals surface area contributed by atoms with Gasteiger partial charge in [0, 0.05) is 26.1 Å². The van der Waals surface area contributed by atoms with E-state index in [1.165, 1.54) is 18.4 Å². The standard InChI is InChI=1S/C18H28N4O.HI/c1-19-18(21-12-16(22(2)3)13-8-9-13)20-11-15-10-14-6-4-5-7-17(14)23-15;/h4-7,13,15-16H,8-12H2,1-3H3,(H2,19,20,21);1H. The van der Waals surface area contributed by atoms with Gasteiger partial charge in [0.05, 0.1) is 6.54 Å². The molecule has 1 aromatic carbocycles. The lowest BCUT2D eigenvalue weighted by atomic mass is 10.1. The van der Waals surface area contributed by atoms with Crippen molar-refractivity contribution in [3.8, 4) is 5.75 Å². The topological polar surface area (TPSA) is 48.9 Å². The lowest BCUT2D eigenvalue weighted by molar-refractivity contribution is 0.234. The van der Waals surface area contributed by atoms with E-state index < -0.39 is 0 Å². The Balaban J connectivity index is 0.00000208. The van der Waals surface area contributed by atoms with Gasteiger partial charge >= 0.3 is 0 Å². The van der Waals surface area contributed by atoms with E-state index in [2.05, 4.69) is 46.8 Å². The van der Waals surface area contributed by atoms with Crippen LogP contribution in [-0.2, 0) is 6.42 Å². The Morgan fingerprint density at radius 3 is 2.67 bits per heavy atom. The molecule has 1 saturated carbocycles. The number of fused-ring (bicyclic) bond motifs is 1. The number of guanidine groups is 1. The number of nitrogens with one attached hydrogen (secondary N) is 2. The molecule has 2 N–H and O–H groups in total. The number of para-hydroxylation sites is 1. The summed E-state index contributed by atoms with van der Waals surface area (Å²) in [7, 11) is 6.14. The lowest BCUT2D eigenvalue weighted by Crippen LogP contribution is -2.47. The zero-order valence-corrected chi connectivity index (χ0v) is 17.1. The van der Waals surface area contributed by atoms with E-state index in [0.717, 1.165) is 37.1 Å². The average molecular weight is 444 g/mol. The SMILES string of the molecule is CN=C(NCC1Cc2ccccc2O1)NCC(C1CC1)N(C)C.I. The maximum Gasteiger partial charge on any atom is 0.191 e. The predicted octanol–water partition coefficient (Wildman–Crippen LogP) is 2.11. The van der Waals surface area contributed by atoms with E-state index in [9.17, 15) is 0 Å². The maximum atomic E-state index is 5.96. The van der Waals surface area contributed by atoms with Gasteiger partial charge in [-0.25, -0.2) is 0 Å². The van der Waals surface area contributed by atoms with Crippen LogP contribution in [0.25, 0.3) is 0 Å². The van der Waals surface area contributed by atoms with Crippen molar-refractivity contribution in [2.24, 2.45) is 10.9 Å². The van der Waals surface area contributed by atoms with Crippen molar-refractivity contribution in [1.82, 2.24) is 15.5 Å². The van der Waals surface area contributed by atoms with Crippen LogP contribution in [0.2, 0.25) is 0 Å². The van der Waals surface area contributed by atoms with Gasteiger partial charge in [-0.05, 0) is 44.5 Å². The molecule has 0 bridgehead atoms. The summed E-state index contributed by atoms with van der Waals surface area (Å²) < 4.78 is 5.96. The number of hydrogen-bond acceptors (Lipinski definition) is 3. The quantitative estimate of drug-likeness (QED) is 0.401. The second kappa shape index (κ2) is 8.89. The van der Waals surface area contributed by atoms with Crippen LogP contribution in [-0.4, -0.2) is 57.2 Å². The van der Waals surface area contributed by atoms with Crippen molar-refractivity contribution in [2.75, 3.05) is 34.2 Å². The van der Waals surface area contributed by atoms with Crippen LogP contribution >= 0.6 is 24.0 Å². The van der Waals surface area contributed by atoms with Crippen LogP contribution in [0.15, 0.2) is 29.3 Å². The summed E-state index contributed by atoms with van der Waals surface area (Å²) in [5, 5.41) is 6.85. The monoisotopic (exact) mass is 444 g/mol. The number of ether oxygens (including phenoxy) is 1. The molecule has 2 aliphatic rings. The third-order valence-electron chi connectivity index (χ3n) is 4.74. The second-order valence-corrected chi connectivity index (χ2v) is 6.75. The van der Waals surface area contributed by atoms with Crippen LogP contribution in [0, 0.1) is 5.92 Å². The first-order chi connectivity index (χ1) is 11.2. The van der Waals surface area contributed by atoms with Gasteiger partial charge < -0.3 is 20.3 Å². The molecule has 24 heavy (non-hydrogen) atoms. The molecule has 2 atom stereocenters. The normalized spacial score (nSPS) is 20.8. The summed E-state index contributed by atoms with van der Waals surface area (Å²) in [6.45, 7) is 1.70. The summed E-state index contributed by atoms with van der Waals surface area (Å²) >= 11 is 0. The van der Waals surface area contributed by atoms with E-state index in [-0.39, 0.29) is 30.1 Å². The summed E-state index contributed by atoms with van der Waals surface area (Å²) in [4.78, 5) is 6.64. The Hall–Kier alpha value is -1.02. The molecule has 1 aromatic rings. The Morgan fingerprint density at radius 2 is 2.04 bits per heavy atom. The van der Waals surface area contributed by atoms with Gasteiger partial charge in [-0.1, -0.05) is 18.2 Å². The van der Waals surface area contributed by atoms with Crippen molar-refractivity contribution < 1.29 is 4.74 Å². The van der Waals surface area contributed by atoms with Gasteiger partial charge in [0.1, 0.15) is 11.9 Å². The Morgan fingerprint density at radius 1 is 1.29 bits per heavy atom. The highest BCUT2D eigenvalue weighted by atomic mass is 127. The summed E-state index contributed by atoms with van der Waals surface area (Å²) in [6, 6.07) is 8.85. The third-order valence-corrected chi connectivity index (χ3v) is 4.74. The highest BCUT2D eigenvalue weighted by Crippen LogP contribution is 2.34. The first-order valence-corrected chi connectivity index (χ1v) is 8.53. The van der Waals surface area contributed by atoms with Crippen LogP contribution in [0.3, 0.4) is 0 Å². The fourth-order valence-corrected chi connectivity index (χ4v) is 3.25. The minimum atomic E-state index is 0. The van der Waals surface area contributed by atoms with Crippen LogP contribution in [0.4, 0.5) is 0 Å². The lowest BCUT2D eigenvalue weighted by Gasteiger charge is -2.25. The second-order valence-electron chi connectivity index (χ2n) is 6.75. The molecule has 0 spiro atoms. The van der Waals surface area contributed by atoms with Crippen molar-refractivity contribution in [1.29, 1.82) is 0 Å². The number of likely N-dealkylation sites (N-methyl/N-ethyl adjacent to an activating group) is 1. The summed E-state index contributed by atoms with van der Waals surface area (Å²) in [6.07, 6.45) is 3.84. The van der Waals surface area contributed by atoms with E-state index in [1.807, 2.05) is 19.2 Å². The smallest absolute Gasteiger partial charge is 0.191 e. The molecular weight excluding hydrogens is 415 g/mol. The molecule has 134 valence electrons. The van der Waals surface area contributed by atoms with E-state index in [0.29, 0.717) is 6.04 Å². The fourth-order valence-electron chi connectivity index (χ4n) is 3.25. The minimum absolute atomic E-state index is 0. The number of aliphatic imine (C=N–C) groups is 1. The minimum Gasteiger partial charge on any atom is -0.488 e. The van der Waals surface area contributed by atoms with Crippen molar-refractivity contribution in [3.05, 3.63) is 29.8 Å². The highest BCUT2D eigenvalue weighted by Gasteiger charge is 2.32. The largest absolute Gasteiger partial charge is 0.488 e. The summed E-state index contributed by atoms with van der Waals surface area (Å²) in [5.41, 5.74) is 1.30. The van der Waals surface area contributed by atoms with Crippen LogP contribution in [0.1, 0.15) is 18.4 Å². The van der Waals surface area contributed by atoms with E-state index in [1.54, 1.807) is 0 Å². The summed E-state index contributed by atoms with van der Waals surface area (Å²) in [5.74, 6) is 2.71. The first-order valence-electron chi connectivity index (χ1n) is 8.53. The van der Waals surface area contributed by atoms with Gasteiger partial charge in [-0.2, -0.15) is 0 Å². The molecule has 1 aliphatic carbocycles. The Bertz CT molecular complexity index is 533. The van der Waals surface area contributed by atoms with Crippen LogP contribution in [0.5, 0.6) is 5.75 Å². The van der Waals surface area contributed by atoms with Crippen LogP contribution < -0.4 is 15.4 Å². The van der Waals surface area contributed by atoms with Crippen molar-refractivity contribution >= 4 is 29.9 Å². The zero-order chi connectivity index (χ0) is 16.2. The Kier molecular flexibility index (Phi) is 7.16. The number of benzene rings is 1. The molecule has 5 nitrogen and oxygen atoms in total. The molecular formula is C18H29IN4O. The molecule has 0 amide bonds.